The van der Waals surface area contributed by atoms with Crippen molar-refractivity contribution in [2.45, 2.75) is 51.0 Å². The summed E-state index contributed by atoms with van der Waals surface area (Å²) in [6.45, 7) is 3.53. The number of aromatic nitrogens is 2. The molecule has 0 aromatic carbocycles. The first-order valence-corrected chi connectivity index (χ1v) is 6.77. The largest absolute Gasteiger partial charge is 0.426 e. The maximum atomic E-state index is 10.3. The molecule has 0 bridgehead atoms. The van der Waals surface area contributed by atoms with Gasteiger partial charge in [-0.25, -0.2) is 0 Å². The summed E-state index contributed by atoms with van der Waals surface area (Å²) in [5, 5.41) is 18.1. The minimum absolute atomic E-state index is 0.449. The van der Waals surface area contributed by atoms with E-state index in [1.807, 2.05) is 0 Å². The van der Waals surface area contributed by atoms with Gasteiger partial charge in [-0.15, -0.1) is 10.2 Å². The molecule has 1 N–H and O–H groups in total. The molecule has 0 unspecified atom stereocenters. The Hall–Kier alpha value is -0.940. The van der Waals surface area contributed by atoms with Gasteiger partial charge in [-0.2, -0.15) is 0 Å². The molecular formula is C13H23N3O2. The van der Waals surface area contributed by atoms with E-state index in [9.17, 15) is 5.11 Å². The number of hydrogen-bond acceptors (Lipinski definition) is 5. The Morgan fingerprint density at radius 3 is 2.67 bits per heavy atom. The van der Waals surface area contributed by atoms with Gasteiger partial charge in [-0.05, 0) is 32.9 Å². The zero-order chi connectivity index (χ0) is 13.0. The van der Waals surface area contributed by atoms with Crippen molar-refractivity contribution in [2.75, 3.05) is 20.1 Å². The fourth-order valence-electron chi connectivity index (χ4n) is 2.71. The molecule has 1 aliphatic rings. The van der Waals surface area contributed by atoms with Gasteiger partial charge in [0.2, 0.25) is 11.8 Å². The van der Waals surface area contributed by atoms with Crippen molar-refractivity contribution in [3.8, 4) is 0 Å². The molecule has 1 saturated carbocycles. The summed E-state index contributed by atoms with van der Waals surface area (Å²) in [6, 6.07) is 0. The summed E-state index contributed by atoms with van der Waals surface area (Å²) in [5.41, 5.74) is -0.449. The van der Waals surface area contributed by atoms with E-state index < -0.39 is 5.60 Å². The van der Waals surface area contributed by atoms with E-state index in [0.29, 0.717) is 11.8 Å². The minimum Gasteiger partial charge on any atom is -0.426 e. The van der Waals surface area contributed by atoms with E-state index in [0.717, 1.165) is 51.6 Å². The predicted octanol–water partition coefficient (Wildman–Crippen LogP) is 1.55. The molecule has 1 fully saturated rings. The second-order valence-electron chi connectivity index (χ2n) is 5.49. The molecule has 1 aromatic rings. The molecule has 102 valence electrons. The van der Waals surface area contributed by atoms with Gasteiger partial charge in [0.15, 0.2) is 0 Å². The molecular weight excluding hydrogens is 230 g/mol. The van der Waals surface area contributed by atoms with Crippen molar-refractivity contribution >= 4 is 0 Å². The molecule has 1 aromatic heterocycles. The van der Waals surface area contributed by atoms with Crippen LogP contribution in [0.15, 0.2) is 4.42 Å². The molecule has 0 spiro atoms. The topological polar surface area (TPSA) is 62.4 Å². The van der Waals surface area contributed by atoms with Crippen molar-refractivity contribution in [1.29, 1.82) is 0 Å². The Balaban J connectivity index is 1.67. The highest BCUT2D eigenvalue weighted by Crippen LogP contribution is 2.29. The summed E-state index contributed by atoms with van der Waals surface area (Å²) in [4.78, 5) is 2.20. The first kappa shape index (κ1) is 13.5. The molecule has 2 rings (SSSR count). The van der Waals surface area contributed by atoms with E-state index in [-0.39, 0.29) is 0 Å². The van der Waals surface area contributed by atoms with Crippen molar-refractivity contribution in [3.63, 3.8) is 0 Å². The molecule has 0 aliphatic heterocycles. The summed E-state index contributed by atoms with van der Waals surface area (Å²) >= 11 is 0. The van der Waals surface area contributed by atoms with E-state index in [1.54, 1.807) is 6.92 Å². The third kappa shape index (κ3) is 3.78. The van der Waals surface area contributed by atoms with Crippen molar-refractivity contribution < 1.29 is 9.52 Å². The van der Waals surface area contributed by atoms with E-state index in [4.69, 9.17) is 4.42 Å². The van der Waals surface area contributed by atoms with Crippen LogP contribution in [0.1, 0.15) is 43.9 Å². The van der Waals surface area contributed by atoms with E-state index >= 15 is 0 Å². The Bertz CT molecular complexity index is 372. The number of hydrogen-bond donors (Lipinski definition) is 1. The molecule has 5 heteroatoms. The highest BCUT2D eigenvalue weighted by Gasteiger charge is 2.31. The Labute approximate surface area is 108 Å². The van der Waals surface area contributed by atoms with Crippen LogP contribution in [0.3, 0.4) is 0 Å². The second kappa shape index (κ2) is 5.80. The lowest BCUT2D eigenvalue weighted by molar-refractivity contribution is 0.0162. The number of likely N-dealkylation sites (N-methyl/N-ethyl adjacent to an activating group) is 1. The van der Waals surface area contributed by atoms with Gasteiger partial charge in [0, 0.05) is 19.9 Å². The lowest BCUT2D eigenvalue weighted by Crippen LogP contribution is -2.39. The van der Waals surface area contributed by atoms with Crippen LogP contribution in [0.25, 0.3) is 0 Å². The Morgan fingerprint density at radius 1 is 1.33 bits per heavy atom. The fourth-order valence-corrected chi connectivity index (χ4v) is 2.71. The number of rotatable bonds is 6. The van der Waals surface area contributed by atoms with Gasteiger partial charge in [-0.3, -0.25) is 0 Å². The number of nitrogens with zero attached hydrogens (tertiary/aromatic N) is 3. The van der Waals surface area contributed by atoms with Crippen molar-refractivity contribution in [2.24, 2.45) is 0 Å². The van der Waals surface area contributed by atoms with Crippen LogP contribution in [0, 0.1) is 6.92 Å². The van der Waals surface area contributed by atoms with Crippen LogP contribution < -0.4 is 0 Å². The van der Waals surface area contributed by atoms with Gasteiger partial charge in [0.1, 0.15) is 0 Å². The van der Waals surface area contributed by atoms with E-state index in [2.05, 4.69) is 22.1 Å². The van der Waals surface area contributed by atoms with Crippen LogP contribution >= 0.6 is 0 Å². The molecule has 18 heavy (non-hydrogen) atoms. The third-order valence-electron chi connectivity index (χ3n) is 3.60. The molecule has 0 radical (unpaired) electrons. The summed E-state index contributed by atoms with van der Waals surface area (Å²) in [7, 11) is 2.06. The summed E-state index contributed by atoms with van der Waals surface area (Å²) in [5.74, 6) is 1.33. The molecule has 1 heterocycles. The predicted molar refractivity (Wildman–Crippen MR) is 68.3 cm³/mol. The maximum Gasteiger partial charge on any atom is 0.216 e. The lowest BCUT2D eigenvalue weighted by Gasteiger charge is -2.28. The molecule has 5 nitrogen and oxygen atoms in total. The lowest BCUT2D eigenvalue weighted by atomic mass is 10.0. The molecule has 0 amide bonds. The monoisotopic (exact) mass is 253 g/mol. The molecule has 1 aliphatic carbocycles. The maximum absolute atomic E-state index is 10.3. The van der Waals surface area contributed by atoms with Gasteiger partial charge in [-0.1, -0.05) is 12.8 Å². The van der Waals surface area contributed by atoms with Crippen LogP contribution in [0.4, 0.5) is 0 Å². The van der Waals surface area contributed by atoms with Gasteiger partial charge >= 0.3 is 0 Å². The SMILES string of the molecule is Cc1nnc(CCCN(C)CC2(O)CCCC2)o1. The third-order valence-corrected chi connectivity index (χ3v) is 3.60. The molecule has 0 atom stereocenters. The number of aliphatic hydroxyl groups is 1. The smallest absolute Gasteiger partial charge is 0.216 e. The van der Waals surface area contributed by atoms with Crippen molar-refractivity contribution in [3.05, 3.63) is 11.8 Å². The minimum atomic E-state index is -0.449. The van der Waals surface area contributed by atoms with Gasteiger partial charge in [0.25, 0.3) is 0 Å². The Morgan fingerprint density at radius 2 is 2.06 bits per heavy atom. The van der Waals surface area contributed by atoms with Crippen LogP contribution in [-0.2, 0) is 6.42 Å². The Kier molecular flexibility index (Phi) is 4.35. The zero-order valence-corrected chi connectivity index (χ0v) is 11.4. The average Bonchev–Trinajstić information content (AvgIpc) is 2.88. The number of aryl methyl sites for hydroxylation is 2. The van der Waals surface area contributed by atoms with Crippen LogP contribution in [0.5, 0.6) is 0 Å². The average molecular weight is 253 g/mol. The quantitative estimate of drug-likeness (QED) is 0.833. The van der Waals surface area contributed by atoms with Crippen LogP contribution in [0.2, 0.25) is 0 Å². The summed E-state index contributed by atoms with van der Waals surface area (Å²) < 4.78 is 5.33. The standard InChI is InChI=1S/C13H23N3O2/c1-11-14-15-12(18-11)6-5-9-16(2)10-13(17)7-3-4-8-13/h17H,3-10H2,1-2H3. The normalized spacial score (nSPS) is 18.7. The van der Waals surface area contributed by atoms with Crippen LogP contribution in [-0.4, -0.2) is 45.9 Å². The molecule has 0 saturated heterocycles. The first-order chi connectivity index (χ1) is 8.57. The van der Waals surface area contributed by atoms with Crippen molar-refractivity contribution in [1.82, 2.24) is 15.1 Å². The summed E-state index contributed by atoms with van der Waals surface area (Å²) in [6.07, 6.45) is 6.00. The van der Waals surface area contributed by atoms with Gasteiger partial charge in [0.05, 0.1) is 5.60 Å². The highest BCUT2D eigenvalue weighted by molar-refractivity contribution is 4.87. The van der Waals surface area contributed by atoms with E-state index in [1.165, 1.54) is 0 Å². The fraction of sp³-hybridized carbons (Fsp3) is 0.846. The zero-order valence-electron chi connectivity index (χ0n) is 11.4. The highest BCUT2D eigenvalue weighted by atomic mass is 16.4. The van der Waals surface area contributed by atoms with Gasteiger partial charge < -0.3 is 14.4 Å². The first-order valence-electron chi connectivity index (χ1n) is 6.77. The second-order valence-corrected chi connectivity index (χ2v) is 5.49.